The first kappa shape index (κ1) is 15.5. The number of rotatable bonds is 4. The van der Waals surface area contributed by atoms with Crippen LogP contribution in [0.5, 0.6) is 0 Å². The van der Waals surface area contributed by atoms with E-state index in [1.807, 2.05) is 7.05 Å². The van der Waals surface area contributed by atoms with Gasteiger partial charge in [0.15, 0.2) is 5.96 Å². The zero-order chi connectivity index (χ0) is 10.3. The topological polar surface area (TPSA) is 91.5 Å². The van der Waals surface area contributed by atoms with Crippen LogP contribution in [0.25, 0.3) is 0 Å². The molecule has 0 aliphatic rings. The molecule has 0 fully saturated rings. The van der Waals surface area contributed by atoms with Gasteiger partial charge in [0.2, 0.25) is 5.96 Å². The second-order valence-electron chi connectivity index (χ2n) is 2.98. The van der Waals surface area contributed by atoms with Gasteiger partial charge in [0.1, 0.15) is 0 Å². The van der Waals surface area contributed by atoms with E-state index in [0.29, 0.717) is 5.96 Å². The Labute approximate surface area is 91.5 Å². The lowest BCUT2D eigenvalue weighted by atomic mass is 10.2. The van der Waals surface area contributed by atoms with Crippen molar-refractivity contribution in [3.05, 3.63) is 0 Å². The number of nitrogens with two attached hydrogens (primary N) is 2. The molecule has 0 atom stereocenters. The van der Waals surface area contributed by atoms with Crippen molar-refractivity contribution in [1.82, 2.24) is 4.90 Å². The SMILES string of the molecule is CCCCCN(C)/C(N)=N/C(=N)N.Cl. The van der Waals surface area contributed by atoms with Gasteiger partial charge in [0, 0.05) is 13.6 Å². The molecular formula is C8H20ClN5. The fraction of sp³-hybridized carbons (Fsp3) is 0.750. The lowest BCUT2D eigenvalue weighted by molar-refractivity contribution is 0.472. The zero-order valence-corrected chi connectivity index (χ0v) is 9.60. The molecular weight excluding hydrogens is 202 g/mol. The van der Waals surface area contributed by atoms with E-state index >= 15 is 0 Å². The smallest absolute Gasteiger partial charge is 0.215 e. The molecule has 6 heteroatoms. The minimum absolute atomic E-state index is 0. The predicted octanol–water partition coefficient (Wildman–Crippen LogP) is 0.738. The average molecular weight is 222 g/mol. The summed E-state index contributed by atoms with van der Waals surface area (Å²) < 4.78 is 0. The summed E-state index contributed by atoms with van der Waals surface area (Å²) >= 11 is 0. The van der Waals surface area contributed by atoms with Crippen LogP contribution in [0.1, 0.15) is 26.2 Å². The molecule has 0 rings (SSSR count). The molecule has 0 aromatic carbocycles. The van der Waals surface area contributed by atoms with Crippen LogP contribution in [-0.4, -0.2) is 30.4 Å². The molecule has 0 amide bonds. The van der Waals surface area contributed by atoms with Crippen molar-refractivity contribution in [2.24, 2.45) is 16.5 Å². The number of nitrogens with one attached hydrogen (secondary N) is 1. The molecule has 0 bridgehead atoms. The Kier molecular flexibility index (Phi) is 9.54. The lowest BCUT2D eigenvalue weighted by Crippen LogP contribution is -2.36. The summed E-state index contributed by atoms with van der Waals surface area (Å²) in [5.41, 5.74) is 10.6. The number of guanidine groups is 2. The number of hydrogen-bond donors (Lipinski definition) is 3. The van der Waals surface area contributed by atoms with E-state index < -0.39 is 0 Å². The number of unbranched alkanes of at least 4 members (excludes halogenated alkanes) is 2. The maximum atomic E-state index is 6.91. The third-order valence-electron chi connectivity index (χ3n) is 1.72. The van der Waals surface area contributed by atoms with Gasteiger partial charge in [-0.05, 0) is 6.42 Å². The van der Waals surface area contributed by atoms with Crippen LogP contribution in [0, 0.1) is 5.41 Å². The molecule has 0 aromatic heterocycles. The second-order valence-corrected chi connectivity index (χ2v) is 2.98. The Hall–Kier alpha value is -0.970. The Morgan fingerprint density at radius 3 is 2.36 bits per heavy atom. The van der Waals surface area contributed by atoms with Gasteiger partial charge in [-0.3, -0.25) is 5.41 Å². The summed E-state index contributed by atoms with van der Waals surface area (Å²) in [6.45, 7) is 3.00. The first-order chi connectivity index (χ1) is 6.07. The van der Waals surface area contributed by atoms with E-state index in [4.69, 9.17) is 16.9 Å². The molecule has 0 aromatic rings. The van der Waals surface area contributed by atoms with Crippen LogP contribution in [0.3, 0.4) is 0 Å². The highest BCUT2D eigenvalue weighted by atomic mass is 35.5. The van der Waals surface area contributed by atoms with Crippen molar-refractivity contribution >= 4 is 24.3 Å². The molecule has 0 saturated heterocycles. The largest absolute Gasteiger partial charge is 0.369 e. The first-order valence-corrected chi connectivity index (χ1v) is 4.47. The molecule has 0 aliphatic heterocycles. The van der Waals surface area contributed by atoms with Crippen LogP contribution in [0.2, 0.25) is 0 Å². The Morgan fingerprint density at radius 2 is 1.93 bits per heavy atom. The maximum Gasteiger partial charge on any atom is 0.215 e. The fourth-order valence-corrected chi connectivity index (χ4v) is 0.922. The normalized spacial score (nSPS) is 10.6. The number of halogens is 1. The van der Waals surface area contributed by atoms with Gasteiger partial charge >= 0.3 is 0 Å². The van der Waals surface area contributed by atoms with Crippen molar-refractivity contribution in [3.63, 3.8) is 0 Å². The van der Waals surface area contributed by atoms with Crippen LogP contribution in [0.4, 0.5) is 0 Å². The van der Waals surface area contributed by atoms with Gasteiger partial charge in [0.05, 0.1) is 0 Å². The van der Waals surface area contributed by atoms with E-state index in [2.05, 4.69) is 11.9 Å². The highest BCUT2D eigenvalue weighted by Crippen LogP contribution is 1.95. The fourth-order valence-electron chi connectivity index (χ4n) is 0.922. The monoisotopic (exact) mass is 221 g/mol. The Balaban J connectivity index is 0. The standard InChI is InChI=1S/C8H19N5.ClH/c1-3-4-5-6-13(2)8(11)12-7(9)10;/h3-6H2,1-2H3,(H5,9,10,11,12);1H. The summed E-state index contributed by atoms with van der Waals surface area (Å²) in [5.74, 6) is 0.0587. The average Bonchev–Trinajstić information content (AvgIpc) is 2.03. The molecule has 5 nitrogen and oxygen atoms in total. The molecule has 0 radical (unpaired) electrons. The quantitative estimate of drug-likeness (QED) is 0.372. The predicted molar refractivity (Wildman–Crippen MR) is 62.9 cm³/mol. The van der Waals surface area contributed by atoms with E-state index in [0.717, 1.165) is 13.0 Å². The summed E-state index contributed by atoms with van der Waals surface area (Å²) in [6.07, 6.45) is 3.44. The summed E-state index contributed by atoms with van der Waals surface area (Å²) in [6, 6.07) is 0. The minimum atomic E-state index is -0.250. The molecule has 0 unspecified atom stereocenters. The van der Waals surface area contributed by atoms with E-state index in [1.165, 1.54) is 12.8 Å². The second kappa shape index (κ2) is 8.62. The van der Waals surface area contributed by atoms with Gasteiger partial charge < -0.3 is 16.4 Å². The highest BCUT2D eigenvalue weighted by molar-refractivity contribution is 5.91. The van der Waals surface area contributed by atoms with E-state index in [1.54, 1.807) is 4.90 Å². The van der Waals surface area contributed by atoms with Gasteiger partial charge in [-0.2, -0.15) is 4.99 Å². The third-order valence-corrected chi connectivity index (χ3v) is 1.72. The van der Waals surface area contributed by atoms with Gasteiger partial charge in [-0.25, -0.2) is 0 Å². The van der Waals surface area contributed by atoms with Crippen LogP contribution >= 0.6 is 12.4 Å². The first-order valence-electron chi connectivity index (χ1n) is 4.47. The molecule has 0 spiro atoms. The molecule has 84 valence electrons. The van der Waals surface area contributed by atoms with Crippen molar-refractivity contribution in [2.45, 2.75) is 26.2 Å². The number of nitrogens with zero attached hydrogens (tertiary/aromatic N) is 2. The lowest BCUT2D eigenvalue weighted by Gasteiger charge is -2.17. The van der Waals surface area contributed by atoms with Crippen molar-refractivity contribution < 1.29 is 0 Å². The third kappa shape index (κ3) is 7.67. The van der Waals surface area contributed by atoms with Gasteiger partial charge in [-0.15, -0.1) is 12.4 Å². The highest BCUT2D eigenvalue weighted by Gasteiger charge is 2.00. The van der Waals surface area contributed by atoms with E-state index in [-0.39, 0.29) is 18.4 Å². The number of aliphatic imine (C=N–C) groups is 1. The van der Waals surface area contributed by atoms with E-state index in [9.17, 15) is 0 Å². The summed E-state index contributed by atoms with van der Waals surface area (Å²) in [4.78, 5) is 5.44. The number of hydrogen-bond acceptors (Lipinski definition) is 1. The van der Waals surface area contributed by atoms with Crippen LogP contribution in [-0.2, 0) is 0 Å². The molecule has 0 saturated carbocycles. The van der Waals surface area contributed by atoms with Crippen molar-refractivity contribution in [3.8, 4) is 0 Å². The summed E-state index contributed by atoms with van der Waals surface area (Å²) in [5, 5.41) is 6.91. The minimum Gasteiger partial charge on any atom is -0.369 e. The summed E-state index contributed by atoms with van der Waals surface area (Å²) in [7, 11) is 1.84. The zero-order valence-electron chi connectivity index (χ0n) is 8.79. The molecule has 14 heavy (non-hydrogen) atoms. The Morgan fingerprint density at radius 1 is 1.36 bits per heavy atom. The molecule has 0 aliphatic carbocycles. The maximum absolute atomic E-state index is 6.91. The van der Waals surface area contributed by atoms with Crippen molar-refractivity contribution in [2.75, 3.05) is 13.6 Å². The van der Waals surface area contributed by atoms with Crippen LogP contribution in [0.15, 0.2) is 4.99 Å². The Bertz CT molecular complexity index is 192. The van der Waals surface area contributed by atoms with Gasteiger partial charge in [0.25, 0.3) is 0 Å². The molecule has 5 N–H and O–H groups in total. The molecule has 0 heterocycles. The van der Waals surface area contributed by atoms with Gasteiger partial charge in [-0.1, -0.05) is 19.8 Å². The van der Waals surface area contributed by atoms with Crippen molar-refractivity contribution in [1.29, 1.82) is 5.41 Å². The van der Waals surface area contributed by atoms with Crippen LogP contribution < -0.4 is 11.5 Å².